The molecule has 6 heteroatoms. The number of nitrogens with zero attached hydrogens (tertiary/aromatic N) is 1. The van der Waals surface area contributed by atoms with Gasteiger partial charge < -0.3 is 10.6 Å². The first-order valence-electron chi connectivity index (χ1n) is 6.28. The largest absolute Gasteiger partial charge is 0.369 e. The fourth-order valence-corrected chi connectivity index (χ4v) is 4.07. The molecule has 2 amide bonds. The molecule has 1 aromatic rings. The third kappa shape index (κ3) is 3.51. The quantitative estimate of drug-likeness (QED) is 0.861. The van der Waals surface area contributed by atoms with Crippen molar-refractivity contribution >= 4 is 34.9 Å². The van der Waals surface area contributed by atoms with Gasteiger partial charge in [-0.05, 0) is 30.0 Å². The Morgan fingerprint density at radius 1 is 1.53 bits per heavy atom. The first-order valence-corrected chi connectivity index (χ1v) is 8.44. The van der Waals surface area contributed by atoms with Crippen LogP contribution in [-0.2, 0) is 16.0 Å². The van der Waals surface area contributed by atoms with Crippen LogP contribution in [0.15, 0.2) is 15.7 Å². The van der Waals surface area contributed by atoms with Crippen molar-refractivity contribution in [2.24, 2.45) is 11.7 Å². The Morgan fingerprint density at radius 3 is 3.00 bits per heavy atom. The molecule has 1 atom stereocenters. The molecule has 1 aliphatic rings. The van der Waals surface area contributed by atoms with Gasteiger partial charge in [-0.3, -0.25) is 9.59 Å². The summed E-state index contributed by atoms with van der Waals surface area (Å²) >= 11 is 3.28. The molecule has 0 bridgehead atoms. The molecule has 0 saturated carbocycles. The Morgan fingerprint density at radius 2 is 2.32 bits per heavy atom. The van der Waals surface area contributed by atoms with E-state index in [-0.39, 0.29) is 17.7 Å². The van der Waals surface area contributed by atoms with E-state index in [1.54, 1.807) is 28.0 Å². The summed E-state index contributed by atoms with van der Waals surface area (Å²) in [6.45, 7) is 1.22. The molecular weight excluding hydrogens is 280 g/mol. The van der Waals surface area contributed by atoms with Gasteiger partial charge in [0.2, 0.25) is 11.8 Å². The second-order valence-corrected chi connectivity index (χ2v) is 6.32. The third-order valence-corrected chi connectivity index (χ3v) is 5.20. The molecule has 2 N–H and O–H groups in total. The Balaban J connectivity index is 1.98. The summed E-state index contributed by atoms with van der Waals surface area (Å²) in [5.41, 5.74) is 6.42. The van der Waals surface area contributed by atoms with E-state index in [4.69, 9.17) is 5.73 Å². The van der Waals surface area contributed by atoms with Gasteiger partial charge in [-0.2, -0.15) is 11.3 Å². The van der Waals surface area contributed by atoms with Crippen LogP contribution in [0, 0.1) is 5.92 Å². The molecular formula is C13H18N2O2S2. The Hall–Kier alpha value is -1.01. The van der Waals surface area contributed by atoms with Crippen LogP contribution in [0.5, 0.6) is 0 Å². The van der Waals surface area contributed by atoms with E-state index in [0.29, 0.717) is 13.0 Å². The highest BCUT2D eigenvalue weighted by atomic mass is 32.2. The number of hydrogen-bond donors (Lipinski definition) is 1. The average molecular weight is 298 g/mol. The van der Waals surface area contributed by atoms with Crippen LogP contribution in [-0.4, -0.2) is 36.1 Å². The zero-order valence-corrected chi connectivity index (χ0v) is 12.6. The van der Waals surface area contributed by atoms with Gasteiger partial charge in [-0.1, -0.05) is 0 Å². The molecule has 0 aromatic carbocycles. The van der Waals surface area contributed by atoms with Crippen LogP contribution < -0.4 is 5.73 Å². The Bertz CT molecular complexity index is 473. The zero-order chi connectivity index (χ0) is 13.8. The van der Waals surface area contributed by atoms with Gasteiger partial charge in [0.15, 0.2) is 0 Å². The van der Waals surface area contributed by atoms with Gasteiger partial charge >= 0.3 is 0 Å². The normalized spacial score (nSPS) is 19.4. The molecule has 1 aliphatic heterocycles. The lowest BCUT2D eigenvalue weighted by Crippen LogP contribution is -2.44. The van der Waals surface area contributed by atoms with Crippen LogP contribution in [0.1, 0.15) is 18.4 Å². The van der Waals surface area contributed by atoms with Gasteiger partial charge in [-0.15, -0.1) is 11.8 Å². The van der Waals surface area contributed by atoms with Crippen molar-refractivity contribution in [2.75, 3.05) is 19.3 Å². The van der Waals surface area contributed by atoms with Crippen molar-refractivity contribution < 1.29 is 9.59 Å². The van der Waals surface area contributed by atoms with E-state index in [1.165, 1.54) is 4.90 Å². The highest BCUT2D eigenvalue weighted by Crippen LogP contribution is 2.26. The average Bonchev–Trinajstić information content (AvgIpc) is 2.86. The van der Waals surface area contributed by atoms with E-state index in [0.717, 1.165) is 24.9 Å². The number of primary amides is 1. The summed E-state index contributed by atoms with van der Waals surface area (Å²) in [4.78, 5) is 26.4. The number of carbonyl (C=O) groups excluding carboxylic acids is 2. The van der Waals surface area contributed by atoms with Crippen LogP contribution in [0.4, 0.5) is 0 Å². The van der Waals surface area contributed by atoms with Crippen LogP contribution in [0.2, 0.25) is 0 Å². The molecule has 1 fully saturated rings. The molecule has 2 heterocycles. The molecule has 0 unspecified atom stereocenters. The van der Waals surface area contributed by atoms with E-state index < -0.39 is 0 Å². The van der Waals surface area contributed by atoms with Crippen molar-refractivity contribution in [3.05, 3.63) is 16.3 Å². The molecule has 0 radical (unpaired) electrons. The van der Waals surface area contributed by atoms with E-state index in [1.807, 2.05) is 11.6 Å². The standard InChI is InChI=1S/C13H18N2O2S2/c1-18-11-8-19-7-10(11)5-12(16)15-4-2-3-9(6-15)13(14)17/h7-9H,2-6H2,1H3,(H2,14,17)/t9-/m0/s1. The number of hydrogen-bond acceptors (Lipinski definition) is 4. The van der Waals surface area contributed by atoms with Crippen molar-refractivity contribution in [1.82, 2.24) is 4.90 Å². The fraction of sp³-hybridized carbons (Fsp3) is 0.538. The van der Waals surface area contributed by atoms with Crippen molar-refractivity contribution in [2.45, 2.75) is 24.2 Å². The first-order chi connectivity index (χ1) is 9.11. The van der Waals surface area contributed by atoms with Gasteiger partial charge in [0, 0.05) is 23.4 Å². The summed E-state index contributed by atoms with van der Waals surface area (Å²) in [6.07, 6.45) is 4.09. The number of thioether (sulfide) groups is 1. The predicted octanol–water partition coefficient (Wildman–Crippen LogP) is 1.74. The highest BCUT2D eigenvalue weighted by molar-refractivity contribution is 7.98. The van der Waals surface area contributed by atoms with Crippen molar-refractivity contribution in [1.29, 1.82) is 0 Å². The van der Waals surface area contributed by atoms with Gasteiger partial charge in [-0.25, -0.2) is 0 Å². The minimum atomic E-state index is -0.294. The minimum Gasteiger partial charge on any atom is -0.369 e. The van der Waals surface area contributed by atoms with E-state index in [9.17, 15) is 9.59 Å². The molecule has 19 heavy (non-hydrogen) atoms. The SMILES string of the molecule is CSc1cscc1CC(=O)N1CCC[C@H](C(N)=O)C1. The smallest absolute Gasteiger partial charge is 0.227 e. The number of amides is 2. The summed E-state index contributed by atoms with van der Waals surface area (Å²) in [7, 11) is 0. The lowest BCUT2D eigenvalue weighted by atomic mass is 9.97. The van der Waals surface area contributed by atoms with E-state index in [2.05, 4.69) is 5.38 Å². The third-order valence-electron chi connectivity index (χ3n) is 3.44. The lowest BCUT2D eigenvalue weighted by molar-refractivity contribution is -0.134. The highest BCUT2D eigenvalue weighted by Gasteiger charge is 2.27. The summed E-state index contributed by atoms with van der Waals surface area (Å²) in [5.74, 6) is -0.377. The molecule has 2 rings (SSSR count). The second-order valence-electron chi connectivity index (χ2n) is 4.72. The molecule has 4 nitrogen and oxygen atoms in total. The number of piperidine rings is 1. The maximum Gasteiger partial charge on any atom is 0.227 e. The molecule has 1 aromatic heterocycles. The molecule has 1 saturated heterocycles. The molecule has 104 valence electrons. The van der Waals surface area contributed by atoms with Crippen LogP contribution in [0.3, 0.4) is 0 Å². The van der Waals surface area contributed by atoms with Crippen LogP contribution >= 0.6 is 23.1 Å². The summed E-state index contributed by atoms with van der Waals surface area (Å²) in [6, 6.07) is 0. The minimum absolute atomic E-state index is 0.0969. The Labute approximate surface area is 121 Å². The summed E-state index contributed by atoms with van der Waals surface area (Å²) < 4.78 is 0. The maximum atomic E-state index is 12.3. The fourth-order valence-electron chi connectivity index (χ4n) is 2.33. The zero-order valence-electron chi connectivity index (χ0n) is 10.9. The topological polar surface area (TPSA) is 63.4 Å². The number of rotatable bonds is 4. The molecule has 0 aliphatic carbocycles. The second kappa shape index (κ2) is 6.43. The van der Waals surface area contributed by atoms with Gasteiger partial charge in [0.1, 0.15) is 0 Å². The van der Waals surface area contributed by atoms with E-state index >= 15 is 0 Å². The predicted molar refractivity (Wildman–Crippen MR) is 78.3 cm³/mol. The maximum absolute atomic E-state index is 12.3. The monoisotopic (exact) mass is 298 g/mol. The summed E-state index contributed by atoms with van der Waals surface area (Å²) in [5, 5.41) is 4.09. The first kappa shape index (κ1) is 14.4. The number of likely N-dealkylation sites (tertiary alicyclic amines) is 1. The number of nitrogens with two attached hydrogens (primary N) is 1. The van der Waals surface area contributed by atoms with Crippen molar-refractivity contribution in [3.8, 4) is 0 Å². The number of thiophene rings is 1. The number of carbonyl (C=O) groups is 2. The Kier molecular flexibility index (Phi) is 4.87. The van der Waals surface area contributed by atoms with Gasteiger partial charge in [0.25, 0.3) is 0 Å². The van der Waals surface area contributed by atoms with Crippen LogP contribution in [0.25, 0.3) is 0 Å². The lowest BCUT2D eigenvalue weighted by Gasteiger charge is -2.31. The van der Waals surface area contributed by atoms with Gasteiger partial charge in [0.05, 0.1) is 12.3 Å². The van der Waals surface area contributed by atoms with Crippen molar-refractivity contribution in [3.63, 3.8) is 0 Å². The molecule has 0 spiro atoms.